The number of aromatic nitrogens is 2. The molecule has 1 heterocycles. The molecule has 0 spiro atoms. The van der Waals surface area contributed by atoms with Gasteiger partial charge in [0.25, 0.3) is 5.88 Å². The second-order valence-electron chi connectivity index (χ2n) is 3.14. The summed E-state index contributed by atoms with van der Waals surface area (Å²) in [6, 6.07) is 0. The number of hydrogen-bond donors (Lipinski definition) is 2. The predicted molar refractivity (Wildman–Crippen MR) is 52.9 cm³/mol. The van der Waals surface area contributed by atoms with Crippen molar-refractivity contribution in [3.8, 4) is 5.88 Å². The molecular formula is C7H7F4N5O3. The minimum atomic E-state index is -4.46. The second kappa shape index (κ2) is 5.60. The maximum atomic E-state index is 12.6. The van der Waals surface area contributed by atoms with Gasteiger partial charge in [0.05, 0.1) is 4.92 Å². The first kappa shape index (κ1) is 14.8. The molecule has 3 N–H and O–H groups in total. The smallest absolute Gasteiger partial charge is 0.349 e. The van der Waals surface area contributed by atoms with Crippen LogP contribution in [0.1, 0.15) is 0 Å². The molecule has 0 aliphatic rings. The molecule has 0 saturated heterocycles. The average Bonchev–Trinajstić information content (AvgIpc) is 2.35. The highest BCUT2D eigenvalue weighted by molar-refractivity contribution is 5.42. The first-order valence-electron chi connectivity index (χ1n) is 4.54. The molecule has 0 aromatic carbocycles. The van der Waals surface area contributed by atoms with Crippen LogP contribution in [0.2, 0.25) is 0 Å². The van der Waals surface area contributed by atoms with Gasteiger partial charge in [0.2, 0.25) is 5.95 Å². The first-order valence-corrected chi connectivity index (χ1v) is 4.54. The molecule has 0 atom stereocenters. The normalized spacial score (nSPS) is 11.5. The molecular weight excluding hydrogens is 278 g/mol. The van der Waals surface area contributed by atoms with E-state index in [1.807, 2.05) is 5.43 Å². The predicted octanol–water partition coefficient (Wildman–Crippen LogP) is 0.950. The van der Waals surface area contributed by atoms with Gasteiger partial charge in [-0.3, -0.25) is 15.5 Å². The van der Waals surface area contributed by atoms with E-state index in [9.17, 15) is 27.7 Å². The minimum absolute atomic E-state index is 0.360. The summed E-state index contributed by atoms with van der Waals surface area (Å²) in [5, 5.41) is 10.5. The monoisotopic (exact) mass is 285 g/mol. The fourth-order valence-electron chi connectivity index (χ4n) is 0.888. The number of halogens is 4. The number of nitro groups is 1. The summed E-state index contributed by atoms with van der Waals surface area (Å²) >= 11 is 0. The van der Waals surface area contributed by atoms with Gasteiger partial charge in [-0.25, -0.2) is 19.6 Å². The third-order valence-corrected chi connectivity index (χ3v) is 1.78. The summed E-state index contributed by atoms with van der Waals surface area (Å²) < 4.78 is 53.3. The second-order valence-corrected chi connectivity index (χ2v) is 3.14. The molecule has 0 aliphatic heterocycles. The Hall–Kier alpha value is -2.24. The molecule has 0 unspecified atom stereocenters. The largest absolute Gasteiger partial charge is 0.466 e. The fourth-order valence-corrected chi connectivity index (χ4v) is 0.888. The highest BCUT2D eigenvalue weighted by atomic mass is 19.3. The molecule has 0 saturated carbocycles. The summed E-state index contributed by atoms with van der Waals surface area (Å²) in [7, 11) is 0. The van der Waals surface area contributed by atoms with Gasteiger partial charge in [0, 0.05) is 0 Å². The molecule has 1 rings (SSSR count). The van der Waals surface area contributed by atoms with Gasteiger partial charge in [0.1, 0.15) is 6.20 Å². The lowest BCUT2D eigenvalue weighted by Gasteiger charge is -2.15. The van der Waals surface area contributed by atoms with E-state index in [2.05, 4.69) is 14.7 Å². The number of nitrogens with two attached hydrogens (primary N) is 1. The fraction of sp³-hybridized carbons (Fsp3) is 0.429. The van der Waals surface area contributed by atoms with Crippen LogP contribution in [0.15, 0.2) is 6.20 Å². The summed E-state index contributed by atoms with van der Waals surface area (Å²) in [5.74, 6) is -0.812. The van der Waals surface area contributed by atoms with Crippen LogP contribution in [0.5, 0.6) is 5.88 Å². The van der Waals surface area contributed by atoms with Crippen LogP contribution >= 0.6 is 0 Å². The molecule has 0 radical (unpaired) electrons. The van der Waals surface area contributed by atoms with Gasteiger partial charge in [-0.15, -0.1) is 0 Å². The lowest BCUT2D eigenvalue weighted by atomic mass is 10.4. The standard InChI is InChI=1S/C7H7F4N5O3/c8-5(9)7(10,11)2-19-4-3(16(17)18)1-13-6(14-4)15-12/h1,5H,2,12H2,(H,13,14,15). The van der Waals surface area contributed by atoms with Gasteiger partial charge < -0.3 is 4.74 Å². The highest BCUT2D eigenvalue weighted by Crippen LogP contribution is 2.28. The van der Waals surface area contributed by atoms with E-state index in [1.165, 1.54) is 0 Å². The summed E-state index contributed by atoms with van der Waals surface area (Å²) in [5.41, 5.74) is 1.04. The van der Waals surface area contributed by atoms with Gasteiger partial charge in [-0.2, -0.15) is 13.8 Å². The van der Waals surface area contributed by atoms with E-state index in [4.69, 9.17) is 5.84 Å². The van der Waals surface area contributed by atoms with Gasteiger partial charge in [-0.05, 0) is 0 Å². The Morgan fingerprint density at radius 1 is 1.58 bits per heavy atom. The number of nitrogen functional groups attached to an aromatic ring is 1. The summed E-state index contributed by atoms with van der Waals surface area (Å²) in [4.78, 5) is 16.2. The molecule has 106 valence electrons. The zero-order valence-electron chi connectivity index (χ0n) is 9.02. The SMILES string of the molecule is NNc1ncc([N+](=O)[O-])c(OCC(F)(F)C(F)F)n1. The number of ether oxygens (including phenoxy) is 1. The Kier molecular flexibility index (Phi) is 4.37. The lowest BCUT2D eigenvalue weighted by molar-refractivity contribution is -0.386. The summed E-state index contributed by atoms with van der Waals surface area (Å²) in [6.45, 7) is -1.77. The quantitative estimate of drug-likeness (QED) is 0.346. The van der Waals surface area contributed by atoms with Crippen LogP contribution in [-0.2, 0) is 0 Å². The van der Waals surface area contributed by atoms with E-state index < -0.39 is 35.4 Å². The first-order chi connectivity index (χ1) is 8.77. The van der Waals surface area contributed by atoms with Crippen LogP contribution in [0.3, 0.4) is 0 Å². The third-order valence-electron chi connectivity index (χ3n) is 1.78. The lowest BCUT2D eigenvalue weighted by Crippen LogP contribution is -2.34. The molecule has 0 bridgehead atoms. The molecule has 0 aliphatic carbocycles. The van der Waals surface area contributed by atoms with Gasteiger partial charge >= 0.3 is 18.0 Å². The van der Waals surface area contributed by atoms with Crippen molar-refractivity contribution < 1.29 is 27.2 Å². The zero-order valence-corrected chi connectivity index (χ0v) is 9.02. The van der Waals surface area contributed by atoms with E-state index in [-0.39, 0.29) is 5.95 Å². The van der Waals surface area contributed by atoms with E-state index >= 15 is 0 Å². The van der Waals surface area contributed by atoms with Crippen molar-refractivity contribution in [1.29, 1.82) is 0 Å². The Bertz CT molecular complexity index is 472. The van der Waals surface area contributed by atoms with Gasteiger partial charge in [-0.1, -0.05) is 0 Å². The molecule has 0 amide bonds. The highest BCUT2D eigenvalue weighted by Gasteiger charge is 2.42. The third kappa shape index (κ3) is 3.61. The molecule has 1 aromatic heterocycles. The van der Waals surface area contributed by atoms with Crippen LogP contribution in [-0.4, -0.2) is 33.8 Å². The number of nitrogens with one attached hydrogen (secondary N) is 1. The number of anilines is 1. The number of alkyl halides is 4. The Balaban J connectivity index is 2.95. The maximum Gasteiger partial charge on any atom is 0.349 e. The Morgan fingerprint density at radius 3 is 2.68 bits per heavy atom. The maximum absolute atomic E-state index is 12.6. The molecule has 12 heteroatoms. The van der Waals surface area contributed by atoms with Crippen molar-refractivity contribution in [2.75, 3.05) is 12.0 Å². The van der Waals surface area contributed by atoms with Crippen molar-refractivity contribution >= 4 is 11.6 Å². The number of hydrogen-bond acceptors (Lipinski definition) is 7. The van der Waals surface area contributed by atoms with Crippen molar-refractivity contribution in [2.45, 2.75) is 12.3 Å². The Labute approximate surface area is 102 Å². The van der Waals surface area contributed by atoms with Crippen molar-refractivity contribution in [2.24, 2.45) is 5.84 Å². The molecule has 8 nitrogen and oxygen atoms in total. The van der Waals surface area contributed by atoms with Crippen LogP contribution in [0.4, 0.5) is 29.2 Å². The van der Waals surface area contributed by atoms with E-state index in [0.29, 0.717) is 6.20 Å². The van der Waals surface area contributed by atoms with Gasteiger partial charge in [0.15, 0.2) is 6.61 Å². The molecule has 19 heavy (non-hydrogen) atoms. The van der Waals surface area contributed by atoms with Crippen LogP contribution < -0.4 is 16.0 Å². The Morgan fingerprint density at radius 2 is 2.21 bits per heavy atom. The average molecular weight is 285 g/mol. The van der Waals surface area contributed by atoms with E-state index in [0.717, 1.165) is 0 Å². The minimum Gasteiger partial charge on any atom is -0.466 e. The molecule has 0 fully saturated rings. The number of rotatable bonds is 6. The summed E-state index contributed by atoms with van der Waals surface area (Å²) in [6.07, 6.45) is -3.33. The van der Waals surface area contributed by atoms with Crippen LogP contribution in [0.25, 0.3) is 0 Å². The van der Waals surface area contributed by atoms with Crippen LogP contribution in [0, 0.1) is 10.1 Å². The topological polar surface area (TPSA) is 116 Å². The van der Waals surface area contributed by atoms with Crippen molar-refractivity contribution in [3.05, 3.63) is 16.3 Å². The van der Waals surface area contributed by atoms with E-state index in [1.54, 1.807) is 0 Å². The number of hydrazine groups is 1. The van der Waals surface area contributed by atoms with Crippen molar-refractivity contribution in [3.63, 3.8) is 0 Å². The molecule has 1 aromatic rings. The zero-order chi connectivity index (χ0) is 14.6. The number of nitrogens with zero attached hydrogens (tertiary/aromatic N) is 3. The van der Waals surface area contributed by atoms with Crippen molar-refractivity contribution in [1.82, 2.24) is 9.97 Å².